The highest BCUT2D eigenvalue weighted by Crippen LogP contribution is 2.28. The third-order valence-corrected chi connectivity index (χ3v) is 2.03. The molecule has 2 rings (SSSR count). The molecule has 1 aromatic heterocycles. The molecular weight excluding hydrogens is 199 g/mol. The zero-order valence-electron chi connectivity index (χ0n) is 7.41. The lowest BCUT2D eigenvalue weighted by atomic mass is 10.2. The Morgan fingerprint density at radius 3 is 2.80 bits per heavy atom. The van der Waals surface area contributed by atoms with Crippen molar-refractivity contribution in [2.75, 3.05) is 0 Å². The minimum atomic E-state index is -1.14. The van der Waals surface area contributed by atoms with Gasteiger partial charge in [-0.2, -0.15) is 0 Å². The molecule has 0 aliphatic rings. The van der Waals surface area contributed by atoms with Gasteiger partial charge in [-0.15, -0.1) is 0 Å². The molecule has 15 heavy (non-hydrogen) atoms. The minimum Gasteiger partial charge on any atom is -0.477 e. The quantitative estimate of drug-likeness (QED) is 0.701. The summed E-state index contributed by atoms with van der Waals surface area (Å²) in [5.74, 6) is -1.70. The first kappa shape index (κ1) is 9.21. The van der Waals surface area contributed by atoms with E-state index < -0.39 is 11.8 Å². The van der Waals surface area contributed by atoms with Crippen LogP contribution >= 0.6 is 0 Å². The summed E-state index contributed by atoms with van der Waals surface area (Å²) >= 11 is 0. The molecule has 2 aromatic rings. The molecule has 5 heteroatoms. The van der Waals surface area contributed by atoms with Gasteiger partial charge in [-0.3, -0.25) is 0 Å². The summed E-state index contributed by atoms with van der Waals surface area (Å²) in [6.07, 6.45) is 0. The molecule has 1 heterocycles. The highest BCUT2D eigenvalue weighted by atomic mass is 19.1. The Bertz CT molecular complexity index is 595. The number of carboxylic acid groups (broad SMARTS) is 1. The van der Waals surface area contributed by atoms with Gasteiger partial charge < -0.3 is 10.1 Å². The van der Waals surface area contributed by atoms with E-state index in [9.17, 15) is 9.18 Å². The van der Waals surface area contributed by atoms with Crippen LogP contribution in [-0.4, -0.2) is 16.1 Å². The number of rotatable bonds is 1. The van der Waals surface area contributed by atoms with E-state index in [1.54, 1.807) is 0 Å². The third kappa shape index (κ3) is 1.42. The van der Waals surface area contributed by atoms with E-state index in [4.69, 9.17) is 11.7 Å². The van der Waals surface area contributed by atoms with Crippen molar-refractivity contribution in [3.8, 4) is 0 Å². The average molecular weight is 204 g/mol. The van der Waals surface area contributed by atoms with Crippen molar-refractivity contribution in [1.29, 1.82) is 0 Å². The number of hydrogen-bond acceptors (Lipinski definition) is 1. The topological polar surface area (TPSA) is 57.5 Å². The maximum Gasteiger partial charge on any atom is 0.352 e. The summed E-state index contributed by atoms with van der Waals surface area (Å²) in [4.78, 5) is 16.3. The molecule has 0 spiro atoms. The van der Waals surface area contributed by atoms with Crippen molar-refractivity contribution >= 4 is 22.6 Å². The summed E-state index contributed by atoms with van der Waals surface area (Å²) < 4.78 is 13.0. The van der Waals surface area contributed by atoms with E-state index in [-0.39, 0.29) is 11.4 Å². The Labute approximate surface area is 83.8 Å². The summed E-state index contributed by atoms with van der Waals surface area (Å²) in [6, 6.07) is 3.57. The van der Waals surface area contributed by atoms with Gasteiger partial charge in [0.1, 0.15) is 11.5 Å². The number of aromatic amines is 1. The Morgan fingerprint density at radius 2 is 2.20 bits per heavy atom. The van der Waals surface area contributed by atoms with E-state index >= 15 is 0 Å². The fourth-order valence-corrected chi connectivity index (χ4v) is 1.39. The molecule has 0 atom stereocenters. The van der Waals surface area contributed by atoms with Gasteiger partial charge in [0.25, 0.3) is 0 Å². The number of nitrogens with one attached hydrogen (secondary N) is 1. The first-order valence-electron chi connectivity index (χ1n) is 4.05. The molecule has 0 unspecified atom stereocenters. The van der Waals surface area contributed by atoms with Gasteiger partial charge in [0, 0.05) is 10.9 Å². The van der Waals surface area contributed by atoms with Crippen molar-refractivity contribution in [2.45, 2.75) is 0 Å². The standard InChI is InChI=1S/C10H5FN2O2/c1-12-7-2-5(11)3-8-6(7)4-9(13-8)10(14)15/h2-4,13H,(H,14,15). The van der Waals surface area contributed by atoms with E-state index in [1.165, 1.54) is 6.07 Å². The van der Waals surface area contributed by atoms with E-state index in [2.05, 4.69) is 9.83 Å². The summed E-state index contributed by atoms with van der Waals surface area (Å²) in [5, 5.41) is 9.14. The van der Waals surface area contributed by atoms with Gasteiger partial charge in [0.15, 0.2) is 5.69 Å². The Kier molecular flexibility index (Phi) is 1.90. The van der Waals surface area contributed by atoms with Crippen LogP contribution in [0.1, 0.15) is 10.5 Å². The number of halogens is 1. The molecule has 0 amide bonds. The molecule has 0 aliphatic carbocycles. The Balaban J connectivity index is 2.81. The number of carbonyl (C=O) groups is 1. The first-order valence-corrected chi connectivity index (χ1v) is 4.05. The van der Waals surface area contributed by atoms with Crippen LogP contribution in [0.15, 0.2) is 18.2 Å². The van der Waals surface area contributed by atoms with Gasteiger partial charge in [0.2, 0.25) is 0 Å². The van der Waals surface area contributed by atoms with Crippen molar-refractivity contribution in [1.82, 2.24) is 4.98 Å². The van der Waals surface area contributed by atoms with Crippen LogP contribution in [0.5, 0.6) is 0 Å². The average Bonchev–Trinajstić information content (AvgIpc) is 2.59. The lowest BCUT2D eigenvalue weighted by Gasteiger charge is -1.93. The predicted octanol–water partition coefficient (Wildman–Crippen LogP) is 2.56. The molecule has 0 radical (unpaired) electrons. The normalized spacial score (nSPS) is 10.1. The fraction of sp³-hybridized carbons (Fsp3) is 0. The number of H-pyrrole nitrogens is 1. The fourth-order valence-electron chi connectivity index (χ4n) is 1.39. The van der Waals surface area contributed by atoms with Crippen LogP contribution in [0.2, 0.25) is 0 Å². The summed E-state index contributed by atoms with van der Waals surface area (Å²) in [5.41, 5.74) is 0.368. The van der Waals surface area contributed by atoms with Crippen LogP contribution in [0.25, 0.3) is 15.7 Å². The molecule has 0 bridgehead atoms. The molecule has 0 saturated carbocycles. The van der Waals surface area contributed by atoms with Crippen LogP contribution in [0, 0.1) is 12.4 Å². The summed E-state index contributed by atoms with van der Waals surface area (Å²) in [7, 11) is 0. The highest BCUT2D eigenvalue weighted by Gasteiger charge is 2.11. The van der Waals surface area contributed by atoms with Crippen molar-refractivity contribution in [2.24, 2.45) is 0 Å². The Morgan fingerprint density at radius 1 is 1.47 bits per heavy atom. The SMILES string of the molecule is [C-]#[N+]c1cc(F)cc2[nH]c(C(=O)O)cc12. The van der Waals surface area contributed by atoms with Gasteiger partial charge in [0.05, 0.1) is 6.57 Å². The molecule has 1 aromatic carbocycles. The number of aromatic carboxylic acids is 1. The molecule has 0 saturated heterocycles. The first-order chi connectivity index (χ1) is 7.11. The van der Waals surface area contributed by atoms with Gasteiger partial charge in [-0.1, -0.05) is 0 Å². The van der Waals surface area contributed by atoms with Gasteiger partial charge >= 0.3 is 5.97 Å². The maximum atomic E-state index is 13.0. The molecule has 4 nitrogen and oxygen atoms in total. The second-order valence-corrected chi connectivity index (χ2v) is 2.99. The van der Waals surface area contributed by atoms with E-state index in [0.29, 0.717) is 10.9 Å². The van der Waals surface area contributed by atoms with E-state index in [0.717, 1.165) is 12.1 Å². The maximum absolute atomic E-state index is 13.0. The molecule has 74 valence electrons. The van der Waals surface area contributed by atoms with Crippen molar-refractivity contribution in [3.63, 3.8) is 0 Å². The summed E-state index contributed by atoms with van der Waals surface area (Å²) in [6.45, 7) is 6.84. The second-order valence-electron chi connectivity index (χ2n) is 2.99. The molecule has 0 fully saturated rings. The molecule has 0 aliphatic heterocycles. The second kappa shape index (κ2) is 3.10. The van der Waals surface area contributed by atoms with Crippen molar-refractivity contribution in [3.05, 3.63) is 41.1 Å². The molecule has 2 N–H and O–H groups in total. The third-order valence-electron chi connectivity index (χ3n) is 2.03. The zero-order valence-corrected chi connectivity index (χ0v) is 7.41. The highest BCUT2D eigenvalue weighted by molar-refractivity contribution is 5.99. The van der Waals surface area contributed by atoms with Crippen molar-refractivity contribution < 1.29 is 14.3 Å². The largest absolute Gasteiger partial charge is 0.477 e. The number of benzene rings is 1. The van der Waals surface area contributed by atoms with Gasteiger partial charge in [-0.05, 0) is 18.2 Å². The number of fused-ring (bicyclic) bond motifs is 1. The van der Waals surface area contributed by atoms with Crippen LogP contribution in [0.4, 0.5) is 10.1 Å². The van der Waals surface area contributed by atoms with Crippen LogP contribution in [0.3, 0.4) is 0 Å². The Hall–Kier alpha value is -2.35. The zero-order chi connectivity index (χ0) is 11.0. The van der Waals surface area contributed by atoms with E-state index in [1.807, 2.05) is 0 Å². The van der Waals surface area contributed by atoms with Crippen LogP contribution < -0.4 is 0 Å². The lowest BCUT2D eigenvalue weighted by molar-refractivity contribution is 0.0691. The number of hydrogen-bond donors (Lipinski definition) is 2. The number of aromatic nitrogens is 1. The molecular formula is C10H5FN2O2. The predicted molar refractivity (Wildman–Crippen MR) is 51.5 cm³/mol. The van der Waals surface area contributed by atoms with Crippen LogP contribution in [-0.2, 0) is 0 Å². The monoisotopic (exact) mass is 204 g/mol. The lowest BCUT2D eigenvalue weighted by Crippen LogP contribution is -1.94. The number of nitrogens with zero attached hydrogens (tertiary/aromatic N) is 1. The smallest absolute Gasteiger partial charge is 0.352 e. The minimum absolute atomic E-state index is 0.0551. The van der Waals surface area contributed by atoms with Gasteiger partial charge in [-0.25, -0.2) is 14.0 Å². The number of carboxylic acids is 1.